The van der Waals surface area contributed by atoms with Crippen molar-refractivity contribution in [2.24, 2.45) is 16.7 Å². The highest BCUT2D eigenvalue weighted by Crippen LogP contribution is 2.36. The number of nitrogens with one attached hydrogen (secondary N) is 1. The topological polar surface area (TPSA) is 52.7 Å². The Morgan fingerprint density at radius 2 is 1.64 bits per heavy atom. The molecule has 39 heavy (non-hydrogen) atoms. The van der Waals surface area contributed by atoms with Crippen molar-refractivity contribution in [1.82, 2.24) is 15.1 Å². The van der Waals surface area contributed by atoms with Gasteiger partial charge < -0.3 is 15.1 Å². The second-order valence-electron chi connectivity index (χ2n) is 14.6. The summed E-state index contributed by atoms with van der Waals surface area (Å²) in [6.45, 7) is 20.0. The number of amides is 2. The Hall–Kier alpha value is -2.21. The normalized spacial score (nSPS) is 24.4. The van der Waals surface area contributed by atoms with E-state index in [0.717, 1.165) is 32.4 Å². The van der Waals surface area contributed by atoms with Crippen molar-refractivity contribution in [2.75, 3.05) is 13.1 Å². The van der Waals surface area contributed by atoms with Crippen LogP contribution in [0.5, 0.6) is 0 Å². The van der Waals surface area contributed by atoms with Crippen molar-refractivity contribution in [2.45, 2.75) is 118 Å². The Labute approximate surface area is 235 Å². The van der Waals surface area contributed by atoms with E-state index in [1.54, 1.807) is 11.0 Å². The Morgan fingerprint density at radius 3 is 2.26 bits per heavy atom. The Kier molecular flexibility index (Phi) is 8.95. The standard InChI is InChI=1S/C33H50FN3O2/c1-22-12-15-28(30(38)35-22)37-21-26-25(31(37)39)14-13-24(29(26)34)20-23-10-8-9-11-27(23)36(18-16-32(2,3)4)19-17-33(5,6)7/h13-14,23,27-28H,1,8-12,15-21H2,2-7H3,(H,35,38)/t23-,27+,28?/m1/s1. The van der Waals surface area contributed by atoms with Crippen molar-refractivity contribution >= 4 is 11.8 Å². The maximum Gasteiger partial charge on any atom is 0.255 e. The van der Waals surface area contributed by atoms with Gasteiger partial charge in [0.1, 0.15) is 11.9 Å². The molecule has 1 saturated carbocycles. The van der Waals surface area contributed by atoms with E-state index in [9.17, 15) is 9.59 Å². The molecule has 1 aliphatic carbocycles. The highest BCUT2D eigenvalue weighted by Gasteiger charge is 2.40. The maximum absolute atomic E-state index is 16.0. The van der Waals surface area contributed by atoms with Gasteiger partial charge in [0.2, 0.25) is 5.91 Å². The fourth-order valence-corrected chi connectivity index (χ4v) is 6.48. The van der Waals surface area contributed by atoms with E-state index in [-0.39, 0.29) is 35.0 Å². The van der Waals surface area contributed by atoms with Gasteiger partial charge in [0, 0.05) is 22.9 Å². The summed E-state index contributed by atoms with van der Waals surface area (Å²) in [6, 6.07) is 3.51. The molecule has 216 valence electrons. The average molecular weight is 540 g/mol. The lowest BCUT2D eigenvalue weighted by molar-refractivity contribution is -0.126. The molecular formula is C33H50FN3O2. The van der Waals surface area contributed by atoms with Crippen LogP contribution in [0, 0.1) is 22.6 Å². The van der Waals surface area contributed by atoms with E-state index in [1.807, 2.05) is 6.07 Å². The monoisotopic (exact) mass is 539 g/mol. The lowest BCUT2D eigenvalue weighted by Gasteiger charge is -2.42. The van der Waals surface area contributed by atoms with Crippen LogP contribution in [0.1, 0.15) is 114 Å². The van der Waals surface area contributed by atoms with Crippen LogP contribution in [-0.2, 0) is 17.8 Å². The summed E-state index contributed by atoms with van der Waals surface area (Å²) < 4.78 is 16.0. The van der Waals surface area contributed by atoms with E-state index < -0.39 is 6.04 Å². The molecular weight excluding hydrogens is 489 g/mol. The summed E-state index contributed by atoms with van der Waals surface area (Å²) in [5, 5.41) is 2.76. The lowest BCUT2D eigenvalue weighted by Crippen LogP contribution is -2.49. The molecule has 0 bridgehead atoms. The number of allylic oxidation sites excluding steroid dienone is 1. The van der Waals surface area contributed by atoms with E-state index in [4.69, 9.17) is 0 Å². The zero-order valence-corrected chi connectivity index (χ0v) is 25.2. The van der Waals surface area contributed by atoms with Crippen LogP contribution in [0.15, 0.2) is 24.4 Å². The molecule has 1 saturated heterocycles. The summed E-state index contributed by atoms with van der Waals surface area (Å²) in [5.74, 6) is -0.309. The van der Waals surface area contributed by atoms with Crippen LogP contribution in [0.25, 0.3) is 0 Å². The molecule has 1 N–H and O–H groups in total. The van der Waals surface area contributed by atoms with Crippen LogP contribution < -0.4 is 5.32 Å². The van der Waals surface area contributed by atoms with Crippen molar-refractivity contribution in [3.8, 4) is 0 Å². The number of fused-ring (bicyclic) bond motifs is 1. The first-order valence-corrected chi connectivity index (χ1v) is 15.1. The van der Waals surface area contributed by atoms with Gasteiger partial charge in [-0.05, 0) is 86.4 Å². The van der Waals surface area contributed by atoms with E-state index in [1.165, 1.54) is 19.3 Å². The second kappa shape index (κ2) is 11.7. The number of rotatable bonds is 8. The molecule has 6 heteroatoms. The summed E-state index contributed by atoms with van der Waals surface area (Å²) in [4.78, 5) is 30.0. The first kappa shape index (κ1) is 29.8. The van der Waals surface area contributed by atoms with Crippen LogP contribution in [0.2, 0.25) is 0 Å². The van der Waals surface area contributed by atoms with Crippen LogP contribution in [0.4, 0.5) is 4.39 Å². The number of piperidine rings is 1. The number of halogens is 1. The van der Waals surface area contributed by atoms with Crippen molar-refractivity contribution in [3.63, 3.8) is 0 Å². The maximum atomic E-state index is 16.0. The fraction of sp³-hybridized carbons (Fsp3) is 0.697. The van der Waals surface area contributed by atoms with Gasteiger partial charge in [0.15, 0.2) is 0 Å². The van der Waals surface area contributed by atoms with Crippen molar-refractivity contribution < 1.29 is 14.0 Å². The quantitative estimate of drug-likeness (QED) is 0.393. The Balaban J connectivity index is 1.52. The summed E-state index contributed by atoms with van der Waals surface area (Å²) in [6.07, 6.45) is 8.85. The Bertz CT molecular complexity index is 1070. The molecule has 5 nitrogen and oxygen atoms in total. The number of carbonyl (C=O) groups excluding carboxylic acids is 2. The molecule has 3 atom stereocenters. The zero-order chi connectivity index (χ0) is 28.5. The smallest absolute Gasteiger partial charge is 0.255 e. The molecule has 4 rings (SSSR count). The van der Waals surface area contributed by atoms with Crippen LogP contribution >= 0.6 is 0 Å². The molecule has 2 fully saturated rings. The number of benzene rings is 1. The average Bonchev–Trinajstić information content (AvgIpc) is 3.17. The highest BCUT2D eigenvalue weighted by molar-refractivity contribution is 6.01. The SMILES string of the molecule is C=C1CCC(N2Cc3c(ccc(C[C@H]4CCCC[C@@H]4N(CCC(C)(C)C)CCC(C)(C)C)c3F)C2=O)C(=O)N1. The zero-order valence-electron chi connectivity index (χ0n) is 25.2. The van der Waals surface area contributed by atoms with Crippen LogP contribution in [0.3, 0.4) is 0 Å². The largest absolute Gasteiger partial charge is 0.329 e. The van der Waals surface area contributed by atoms with Gasteiger partial charge in [-0.25, -0.2) is 4.39 Å². The highest BCUT2D eigenvalue weighted by atomic mass is 19.1. The molecule has 2 aliphatic heterocycles. The molecule has 0 radical (unpaired) electrons. The third-order valence-electron chi connectivity index (χ3n) is 8.96. The molecule has 1 aromatic rings. The first-order valence-electron chi connectivity index (χ1n) is 15.1. The Morgan fingerprint density at radius 1 is 1.00 bits per heavy atom. The molecule has 1 aromatic carbocycles. The molecule has 0 spiro atoms. The minimum Gasteiger partial charge on any atom is -0.329 e. The number of hydrogen-bond donors (Lipinski definition) is 1. The summed E-state index contributed by atoms with van der Waals surface area (Å²) >= 11 is 0. The fourth-order valence-electron chi connectivity index (χ4n) is 6.48. The predicted octanol–water partition coefficient (Wildman–Crippen LogP) is 6.85. The second-order valence-corrected chi connectivity index (χ2v) is 14.6. The third-order valence-corrected chi connectivity index (χ3v) is 8.96. The van der Waals surface area contributed by atoms with Crippen molar-refractivity contribution in [1.29, 1.82) is 0 Å². The van der Waals surface area contributed by atoms with E-state index in [2.05, 4.69) is 58.3 Å². The van der Waals surface area contributed by atoms with Crippen molar-refractivity contribution in [3.05, 3.63) is 46.9 Å². The summed E-state index contributed by atoms with van der Waals surface area (Å²) in [7, 11) is 0. The van der Waals surface area contributed by atoms with E-state index in [0.29, 0.717) is 53.6 Å². The predicted molar refractivity (Wildman–Crippen MR) is 156 cm³/mol. The minimum atomic E-state index is -0.569. The molecule has 3 aliphatic rings. The first-order chi connectivity index (χ1) is 18.2. The molecule has 0 aromatic heterocycles. The number of hydrogen-bond acceptors (Lipinski definition) is 3. The molecule has 1 unspecified atom stereocenters. The van der Waals surface area contributed by atoms with E-state index >= 15 is 4.39 Å². The van der Waals surface area contributed by atoms with Gasteiger partial charge in [0.25, 0.3) is 5.91 Å². The van der Waals surface area contributed by atoms with Crippen LogP contribution in [-0.4, -0.2) is 46.8 Å². The third kappa shape index (κ3) is 7.31. The van der Waals surface area contributed by atoms with Gasteiger partial charge in [-0.2, -0.15) is 0 Å². The van der Waals surface area contributed by atoms with Gasteiger partial charge in [-0.15, -0.1) is 0 Å². The van der Waals surface area contributed by atoms with Gasteiger partial charge in [-0.1, -0.05) is 67.0 Å². The summed E-state index contributed by atoms with van der Waals surface area (Å²) in [5.41, 5.74) is 2.81. The van der Waals surface area contributed by atoms with Gasteiger partial charge in [0.05, 0.1) is 6.54 Å². The van der Waals surface area contributed by atoms with Gasteiger partial charge >= 0.3 is 0 Å². The molecule has 2 heterocycles. The minimum absolute atomic E-state index is 0.162. The number of nitrogens with zero attached hydrogens (tertiary/aromatic N) is 2. The molecule has 2 amide bonds. The lowest BCUT2D eigenvalue weighted by atomic mass is 9.78. The van der Waals surface area contributed by atoms with Gasteiger partial charge in [-0.3, -0.25) is 9.59 Å². The number of carbonyl (C=O) groups is 2.